The molecule has 21 heavy (non-hydrogen) atoms. The van der Waals surface area contributed by atoms with Gasteiger partial charge in [-0.15, -0.1) is 0 Å². The van der Waals surface area contributed by atoms with Gasteiger partial charge in [0, 0.05) is 5.54 Å². The molecular weight excluding hydrogens is 258 g/mol. The van der Waals surface area contributed by atoms with Crippen LogP contribution in [0.1, 0.15) is 41.7 Å². The number of ether oxygens (including phenoxy) is 1. The van der Waals surface area contributed by atoms with Gasteiger partial charge in [0.1, 0.15) is 0 Å². The van der Waals surface area contributed by atoms with E-state index >= 15 is 0 Å². The van der Waals surface area contributed by atoms with Gasteiger partial charge in [-0.2, -0.15) is 0 Å². The first-order valence-electron chi connectivity index (χ1n) is 7.62. The number of nitrogens with two attached hydrogens (primary N) is 1. The largest absolute Gasteiger partial charge is 0.373 e. The second-order valence-corrected chi connectivity index (χ2v) is 6.30. The van der Waals surface area contributed by atoms with Crippen molar-refractivity contribution < 1.29 is 4.74 Å². The summed E-state index contributed by atoms with van der Waals surface area (Å²) in [6, 6.07) is 17.1. The summed E-state index contributed by atoms with van der Waals surface area (Å²) >= 11 is 0. The molecule has 1 aliphatic rings. The molecular formula is C19H23NO. The van der Waals surface area contributed by atoms with Gasteiger partial charge in [-0.05, 0) is 43.4 Å². The average Bonchev–Trinajstić information content (AvgIpc) is 2.48. The van der Waals surface area contributed by atoms with Crippen molar-refractivity contribution in [3.05, 3.63) is 70.8 Å². The van der Waals surface area contributed by atoms with E-state index in [2.05, 4.69) is 62.4 Å². The Morgan fingerprint density at radius 2 is 1.86 bits per heavy atom. The lowest BCUT2D eigenvalue weighted by molar-refractivity contribution is 0.0222. The highest BCUT2D eigenvalue weighted by atomic mass is 16.5. The summed E-state index contributed by atoms with van der Waals surface area (Å²) in [6.07, 6.45) is 1.89. The minimum Gasteiger partial charge on any atom is -0.373 e. The molecule has 2 N–H and O–H groups in total. The molecule has 2 aromatic carbocycles. The fraction of sp³-hybridized carbons (Fsp3) is 0.368. The summed E-state index contributed by atoms with van der Waals surface area (Å²) in [4.78, 5) is 0. The molecule has 2 heteroatoms. The van der Waals surface area contributed by atoms with Crippen molar-refractivity contribution in [1.29, 1.82) is 0 Å². The highest BCUT2D eigenvalue weighted by Crippen LogP contribution is 2.36. The van der Waals surface area contributed by atoms with Gasteiger partial charge in [0.2, 0.25) is 0 Å². The smallest absolute Gasteiger partial charge is 0.0848 e. The molecule has 2 aromatic rings. The zero-order valence-electron chi connectivity index (χ0n) is 12.8. The van der Waals surface area contributed by atoms with E-state index in [1.54, 1.807) is 0 Å². The van der Waals surface area contributed by atoms with Gasteiger partial charge in [0.15, 0.2) is 0 Å². The monoisotopic (exact) mass is 281 g/mol. The lowest BCUT2D eigenvalue weighted by atomic mass is 9.83. The normalized spacial score (nSPS) is 20.6. The molecule has 2 atom stereocenters. The Hall–Kier alpha value is -1.64. The number of hydrogen-bond acceptors (Lipinski definition) is 2. The van der Waals surface area contributed by atoms with E-state index in [4.69, 9.17) is 10.5 Å². The van der Waals surface area contributed by atoms with Gasteiger partial charge < -0.3 is 10.5 Å². The van der Waals surface area contributed by atoms with Gasteiger partial charge in [0.25, 0.3) is 0 Å². The summed E-state index contributed by atoms with van der Waals surface area (Å²) in [5, 5.41) is 0. The Morgan fingerprint density at radius 1 is 1.14 bits per heavy atom. The number of benzene rings is 2. The Labute approximate surface area is 126 Å². The molecule has 2 nitrogen and oxygen atoms in total. The fourth-order valence-electron chi connectivity index (χ4n) is 3.08. The van der Waals surface area contributed by atoms with Crippen LogP contribution in [0.25, 0.3) is 0 Å². The van der Waals surface area contributed by atoms with Crippen LogP contribution >= 0.6 is 0 Å². The van der Waals surface area contributed by atoms with Crippen molar-refractivity contribution >= 4 is 0 Å². The Kier molecular flexibility index (Phi) is 3.83. The van der Waals surface area contributed by atoms with E-state index in [-0.39, 0.29) is 11.6 Å². The maximum atomic E-state index is 6.60. The zero-order valence-corrected chi connectivity index (χ0v) is 12.8. The van der Waals surface area contributed by atoms with Gasteiger partial charge in [-0.1, -0.05) is 54.1 Å². The lowest BCUT2D eigenvalue weighted by Gasteiger charge is -2.33. The molecule has 2 unspecified atom stereocenters. The van der Waals surface area contributed by atoms with Crippen LogP contribution in [0.5, 0.6) is 0 Å². The topological polar surface area (TPSA) is 35.2 Å². The van der Waals surface area contributed by atoms with Crippen molar-refractivity contribution in [3.63, 3.8) is 0 Å². The van der Waals surface area contributed by atoms with Gasteiger partial charge in [-0.25, -0.2) is 0 Å². The van der Waals surface area contributed by atoms with Gasteiger partial charge in [0.05, 0.1) is 12.7 Å². The van der Waals surface area contributed by atoms with E-state index in [0.717, 1.165) is 19.4 Å². The molecule has 0 bridgehead atoms. The molecule has 0 aliphatic carbocycles. The van der Waals surface area contributed by atoms with Gasteiger partial charge in [-0.3, -0.25) is 0 Å². The molecule has 0 aromatic heterocycles. The highest BCUT2D eigenvalue weighted by molar-refractivity contribution is 5.33. The Morgan fingerprint density at radius 3 is 2.62 bits per heavy atom. The maximum absolute atomic E-state index is 6.60. The first-order valence-corrected chi connectivity index (χ1v) is 7.62. The average molecular weight is 281 g/mol. The number of hydrogen-bond donors (Lipinski definition) is 1. The molecule has 0 fully saturated rings. The third kappa shape index (κ3) is 3.02. The first-order chi connectivity index (χ1) is 10.1. The van der Waals surface area contributed by atoms with Crippen molar-refractivity contribution in [2.24, 2.45) is 5.73 Å². The summed E-state index contributed by atoms with van der Waals surface area (Å²) in [7, 11) is 0. The van der Waals surface area contributed by atoms with Crippen molar-refractivity contribution in [3.8, 4) is 0 Å². The number of aryl methyl sites for hydroxylation is 1. The lowest BCUT2D eigenvalue weighted by Crippen LogP contribution is -2.36. The molecule has 110 valence electrons. The van der Waals surface area contributed by atoms with Crippen LogP contribution in [0.3, 0.4) is 0 Å². The molecule has 0 amide bonds. The predicted octanol–water partition coefficient (Wildman–Crippen LogP) is 3.87. The zero-order chi connectivity index (χ0) is 14.9. The van der Waals surface area contributed by atoms with E-state index in [1.807, 2.05) is 0 Å². The van der Waals surface area contributed by atoms with E-state index < -0.39 is 0 Å². The molecule has 3 rings (SSSR count). The Balaban J connectivity index is 1.84. The maximum Gasteiger partial charge on any atom is 0.0848 e. The van der Waals surface area contributed by atoms with Crippen LogP contribution in [0.15, 0.2) is 48.5 Å². The predicted molar refractivity (Wildman–Crippen MR) is 86.2 cm³/mol. The quantitative estimate of drug-likeness (QED) is 0.927. The van der Waals surface area contributed by atoms with Crippen LogP contribution in [0.4, 0.5) is 0 Å². The summed E-state index contributed by atoms with van der Waals surface area (Å²) in [6.45, 7) is 4.97. The second-order valence-electron chi connectivity index (χ2n) is 6.30. The molecule has 0 spiro atoms. The molecule has 0 saturated carbocycles. The summed E-state index contributed by atoms with van der Waals surface area (Å²) < 4.78 is 6.01. The third-order valence-corrected chi connectivity index (χ3v) is 4.41. The van der Waals surface area contributed by atoms with E-state index in [1.165, 1.54) is 22.3 Å². The molecule has 0 radical (unpaired) electrons. The van der Waals surface area contributed by atoms with Crippen LogP contribution in [-0.2, 0) is 16.7 Å². The van der Waals surface area contributed by atoms with Gasteiger partial charge >= 0.3 is 0 Å². The third-order valence-electron chi connectivity index (χ3n) is 4.41. The van der Waals surface area contributed by atoms with Crippen molar-refractivity contribution in [1.82, 2.24) is 0 Å². The molecule has 1 heterocycles. The molecule has 1 aliphatic heterocycles. The minimum absolute atomic E-state index is 0.0891. The standard InChI is InChI=1S/C19H23NO/c1-14-7-9-16(10-8-14)19(2,20)13-18-17-6-4-3-5-15(17)11-12-21-18/h3-10,18H,11-13,20H2,1-2H3. The van der Waals surface area contributed by atoms with Crippen molar-refractivity contribution in [2.75, 3.05) is 6.61 Å². The van der Waals surface area contributed by atoms with Crippen LogP contribution in [0.2, 0.25) is 0 Å². The minimum atomic E-state index is -0.386. The summed E-state index contributed by atoms with van der Waals surface area (Å²) in [5.74, 6) is 0. The fourth-order valence-corrected chi connectivity index (χ4v) is 3.08. The number of rotatable bonds is 3. The van der Waals surface area contributed by atoms with E-state index in [0.29, 0.717) is 0 Å². The van der Waals surface area contributed by atoms with Crippen LogP contribution < -0.4 is 5.73 Å². The SMILES string of the molecule is Cc1ccc(C(C)(N)CC2OCCc3ccccc32)cc1. The number of fused-ring (bicyclic) bond motifs is 1. The summed E-state index contributed by atoms with van der Waals surface area (Å²) in [5.41, 5.74) is 11.3. The van der Waals surface area contributed by atoms with Crippen molar-refractivity contribution in [2.45, 2.75) is 38.3 Å². The molecule has 0 saturated heterocycles. The Bertz CT molecular complexity index is 616. The second kappa shape index (κ2) is 5.63. The highest BCUT2D eigenvalue weighted by Gasteiger charge is 2.30. The first kappa shape index (κ1) is 14.3. The van der Waals surface area contributed by atoms with E-state index in [9.17, 15) is 0 Å². The van der Waals surface area contributed by atoms with Crippen LogP contribution in [0, 0.1) is 6.92 Å². The van der Waals surface area contributed by atoms with Crippen LogP contribution in [-0.4, -0.2) is 6.61 Å².